The van der Waals surface area contributed by atoms with Crippen LogP contribution in [-0.4, -0.2) is 23.7 Å². The first-order valence-corrected chi connectivity index (χ1v) is 18.6. The summed E-state index contributed by atoms with van der Waals surface area (Å²) in [5, 5.41) is 4.48. The van der Waals surface area contributed by atoms with Crippen molar-refractivity contribution in [3.8, 4) is 39.6 Å². The second-order valence-corrected chi connectivity index (χ2v) is 14.5. The fraction of sp³-hybridized carbons (Fsp3) is 0.130. The van der Waals surface area contributed by atoms with Crippen molar-refractivity contribution >= 4 is 43.9 Å². The largest absolute Gasteiger partial charge is 0.456 e. The first kappa shape index (κ1) is 29.0. The molecule has 0 fully saturated rings. The van der Waals surface area contributed by atoms with Crippen molar-refractivity contribution < 1.29 is 8.83 Å². The third kappa shape index (κ3) is 4.28. The first-order valence-electron chi connectivity index (χ1n) is 18.6. The Bertz CT molecular complexity index is 3020. The van der Waals surface area contributed by atoms with E-state index in [0.717, 1.165) is 116 Å². The molecule has 0 saturated carbocycles. The second kappa shape index (κ2) is 11.0. The van der Waals surface area contributed by atoms with Gasteiger partial charge in [0.15, 0.2) is 0 Å². The lowest BCUT2D eigenvalue weighted by molar-refractivity contribution is 0.668. The van der Waals surface area contributed by atoms with Gasteiger partial charge in [-0.1, -0.05) is 48.5 Å². The van der Waals surface area contributed by atoms with Crippen LogP contribution in [0.2, 0.25) is 0 Å². The number of hydrogen-bond acceptors (Lipinski definition) is 4. The van der Waals surface area contributed by atoms with Crippen molar-refractivity contribution in [2.24, 2.45) is 0 Å². The molecule has 7 heterocycles. The molecule has 53 heavy (non-hydrogen) atoms. The zero-order chi connectivity index (χ0) is 34.6. The molecule has 0 N–H and O–H groups in total. The van der Waals surface area contributed by atoms with E-state index >= 15 is 0 Å². The van der Waals surface area contributed by atoms with Crippen molar-refractivity contribution in [2.45, 2.75) is 38.5 Å². The fourth-order valence-electron chi connectivity index (χ4n) is 9.06. The Hall–Kier alpha value is -6.60. The van der Waals surface area contributed by atoms with Crippen LogP contribution >= 0.6 is 0 Å². The van der Waals surface area contributed by atoms with E-state index in [1.54, 1.807) is 0 Å². The molecule has 0 amide bonds. The molecule has 7 heteroatoms. The smallest absolute Gasteiger partial charge is 0.135 e. The summed E-state index contributed by atoms with van der Waals surface area (Å²) < 4.78 is 19.7. The zero-order valence-corrected chi connectivity index (χ0v) is 28.9. The van der Waals surface area contributed by atoms with E-state index < -0.39 is 0 Å². The molecule has 0 radical (unpaired) electrons. The predicted molar refractivity (Wildman–Crippen MR) is 209 cm³/mol. The Kier molecular flexibility index (Phi) is 6.00. The molecule has 5 aromatic heterocycles. The molecule has 0 atom stereocenters. The van der Waals surface area contributed by atoms with Gasteiger partial charge in [-0.15, -0.1) is 0 Å². The van der Waals surface area contributed by atoms with Gasteiger partial charge in [-0.05, 0) is 103 Å². The highest BCUT2D eigenvalue weighted by atomic mass is 16.3. The number of nitrogens with zero attached hydrogens (tertiary/aromatic N) is 5. The second-order valence-electron chi connectivity index (χ2n) is 14.5. The number of imidazole rings is 2. The molecule has 0 spiro atoms. The Labute approximate surface area is 304 Å². The number of hydrogen-bond donors (Lipinski definition) is 0. The highest BCUT2D eigenvalue weighted by molar-refractivity contribution is 6.08. The van der Waals surface area contributed by atoms with Crippen LogP contribution in [0, 0.1) is 0 Å². The average molecular weight is 688 g/mol. The quantitative estimate of drug-likeness (QED) is 0.185. The number of aryl methyl sites for hydroxylation is 2. The minimum Gasteiger partial charge on any atom is -0.456 e. The summed E-state index contributed by atoms with van der Waals surface area (Å²) in [6.45, 7) is 0. The van der Waals surface area contributed by atoms with Crippen LogP contribution in [0.5, 0.6) is 0 Å². The standard InChI is InChI=1S/C46H33N5O2/c1-2-11-39-33(8-1)36-25-30(14-17-40(36)52-39)28-6-3-7-29(24-28)31-15-18-41-37(26-31)38-27-32(16-19-42(38)53-41)51-45-34(9-4-12-43-47-20-22-49(43)45)35-10-5-13-44-48-21-23-50(44)46(35)51/h1-3,6-8,11,14-27H,4-5,9-10,12-13H2. The Morgan fingerprint density at radius 3 is 1.62 bits per heavy atom. The third-order valence-electron chi connectivity index (χ3n) is 11.5. The van der Waals surface area contributed by atoms with E-state index in [0.29, 0.717) is 0 Å². The average Bonchev–Trinajstić information content (AvgIpc) is 4.02. The lowest BCUT2D eigenvalue weighted by Gasteiger charge is -2.17. The van der Waals surface area contributed by atoms with Gasteiger partial charge in [0.2, 0.25) is 0 Å². The lowest BCUT2D eigenvalue weighted by atomic mass is 9.97. The molecule has 2 aliphatic heterocycles. The van der Waals surface area contributed by atoms with Crippen LogP contribution in [0.1, 0.15) is 35.6 Å². The Balaban J connectivity index is 1.02. The summed E-state index contributed by atoms with van der Waals surface area (Å²) in [4.78, 5) is 9.58. The van der Waals surface area contributed by atoms with Gasteiger partial charge in [-0.2, -0.15) is 0 Å². The van der Waals surface area contributed by atoms with Gasteiger partial charge in [-0.25, -0.2) is 9.97 Å². The van der Waals surface area contributed by atoms with Gasteiger partial charge < -0.3 is 8.83 Å². The van der Waals surface area contributed by atoms with E-state index in [1.165, 1.54) is 28.3 Å². The molecule has 0 saturated heterocycles. The first-order chi connectivity index (χ1) is 26.2. The van der Waals surface area contributed by atoms with Gasteiger partial charge >= 0.3 is 0 Å². The van der Waals surface area contributed by atoms with Gasteiger partial charge in [0.1, 0.15) is 45.6 Å². The van der Waals surface area contributed by atoms with Crippen molar-refractivity contribution in [3.05, 3.63) is 151 Å². The number of fused-ring (bicyclic) bond motifs is 13. The maximum Gasteiger partial charge on any atom is 0.135 e. The summed E-state index contributed by atoms with van der Waals surface area (Å²) >= 11 is 0. The molecule has 254 valence electrons. The molecular weight excluding hydrogens is 655 g/mol. The molecular formula is C46H33N5O2. The normalized spacial score (nSPS) is 14.0. The third-order valence-corrected chi connectivity index (χ3v) is 11.5. The highest BCUT2D eigenvalue weighted by Gasteiger charge is 2.31. The van der Waals surface area contributed by atoms with Crippen molar-refractivity contribution in [1.29, 1.82) is 0 Å². The molecule has 5 aromatic carbocycles. The summed E-state index contributed by atoms with van der Waals surface area (Å²) in [5.74, 6) is 4.63. The molecule has 7 nitrogen and oxygen atoms in total. The molecule has 0 bridgehead atoms. The SMILES string of the molecule is c1cc(-c2ccc3oc4ccccc4c3c2)cc(-c2ccc3oc4ccc(-n5c6c(c7c5-n5ccnc5CCC7)CCCc5nccn5-6)cc4c3c2)c1. The Morgan fingerprint density at radius 2 is 0.981 bits per heavy atom. The van der Waals surface area contributed by atoms with Crippen LogP contribution in [0.15, 0.2) is 137 Å². The van der Waals surface area contributed by atoms with Crippen LogP contribution in [0.4, 0.5) is 0 Å². The van der Waals surface area contributed by atoms with Crippen LogP contribution in [-0.2, 0) is 25.7 Å². The number of aromatic nitrogens is 5. The van der Waals surface area contributed by atoms with Crippen molar-refractivity contribution in [3.63, 3.8) is 0 Å². The van der Waals surface area contributed by atoms with Gasteiger partial charge in [-0.3, -0.25) is 13.7 Å². The van der Waals surface area contributed by atoms with Crippen molar-refractivity contribution in [1.82, 2.24) is 23.7 Å². The number of rotatable bonds is 3. The predicted octanol–water partition coefficient (Wildman–Crippen LogP) is 11.0. The van der Waals surface area contributed by atoms with Crippen LogP contribution in [0.25, 0.3) is 83.5 Å². The summed E-state index contributed by atoms with van der Waals surface area (Å²) in [6, 6.07) is 36.8. The van der Waals surface area contributed by atoms with Gasteiger partial charge in [0.25, 0.3) is 0 Å². The zero-order valence-electron chi connectivity index (χ0n) is 28.9. The van der Waals surface area contributed by atoms with Gasteiger partial charge in [0, 0.05) is 76.0 Å². The summed E-state index contributed by atoms with van der Waals surface area (Å²) in [5.41, 5.74) is 12.2. The molecule has 0 unspecified atom stereocenters. The lowest BCUT2D eigenvalue weighted by Crippen LogP contribution is -2.11. The number of benzene rings is 5. The minimum atomic E-state index is 0.881. The highest BCUT2D eigenvalue weighted by Crippen LogP contribution is 2.41. The maximum absolute atomic E-state index is 6.48. The van der Waals surface area contributed by atoms with E-state index in [9.17, 15) is 0 Å². The van der Waals surface area contributed by atoms with Crippen molar-refractivity contribution in [2.75, 3.05) is 0 Å². The van der Waals surface area contributed by atoms with E-state index in [2.05, 4.69) is 117 Å². The van der Waals surface area contributed by atoms with E-state index in [1.807, 2.05) is 24.5 Å². The molecule has 0 aliphatic carbocycles. The molecule has 10 aromatic rings. The van der Waals surface area contributed by atoms with Gasteiger partial charge in [0.05, 0.1) is 0 Å². The molecule has 2 aliphatic rings. The monoisotopic (exact) mass is 687 g/mol. The minimum absolute atomic E-state index is 0.881. The summed E-state index contributed by atoms with van der Waals surface area (Å²) in [7, 11) is 0. The molecule has 12 rings (SSSR count). The van der Waals surface area contributed by atoms with Crippen LogP contribution < -0.4 is 0 Å². The summed E-state index contributed by atoms with van der Waals surface area (Å²) in [6.07, 6.45) is 14.3. The topological polar surface area (TPSA) is 66.8 Å². The van der Waals surface area contributed by atoms with E-state index in [4.69, 9.17) is 18.8 Å². The Morgan fingerprint density at radius 1 is 0.453 bits per heavy atom. The van der Waals surface area contributed by atoms with E-state index in [-0.39, 0.29) is 0 Å². The van der Waals surface area contributed by atoms with Crippen LogP contribution in [0.3, 0.4) is 0 Å². The number of para-hydroxylation sites is 1. The number of furan rings is 2. The fourth-order valence-corrected chi connectivity index (χ4v) is 9.06. The maximum atomic E-state index is 6.48.